The van der Waals surface area contributed by atoms with Crippen molar-refractivity contribution in [2.75, 3.05) is 5.75 Å². The van der Waals surface area contributed by atoms with Crippen molar-refractivity contribution in [1.82, 2.24) is 0 Å². The molecule has 0 heterocycles. The lowest BCUT2D eigenvalue weighted by molar-refractivity contribution is 0.377. The first-order valence-corrected chi connectivity index (χ1v) is 16.6. The molecule has 33 heavy (non-hydrogen) atoms. The maximum Gasteiger partial charge on any atom is -0.00978 e. The first kappa shape index (κ1) is 33.4. The highest BCUT2D eigenvalue weighted by Gasteiger charge is 2.08. The predicted molar refractivity (Wildman–Crippen MR) is 158 cm³/mol. The molecule has 1 heteroatoms. The Balaban J connectivity index is 3.49. The molecule has 0 amide bonds. The zero-order valence-electron chi connectivity index (χ0n) is 23.5. The van der Waals surface area contributed by atoms with Crippen LogP contribution in [0.25, 0.3) is 0 Å². The summed E-state index contributed by atoms with van der Waals surface area (Å²) in [6, 6.07) is 0. The van der Waals surface area contributed by atoms with Crippen LogP contribution in [0.3, 0.4) is 0 Å². The summed E-state index contributed by atoms with van der Waals surface area (Å²) in [5.41, 5.74) is 0. The van der Waals surface area contributed by atoms with Gasteiger partial charge in [-0.05, 0) is 24.5 Å². The first-order chi connectivity index (χ1) is 16.3. The summed E-state index contributed by atoms with van der Waals surface area (Å²) in [7, 11) is 0. The molecular weight excluding hydrogens is 416 g/mol. The van der Waals surface area contributed by atoms with Crippen molar-refractivity contribution in [3.63, 3.8) is 0 Å². The van der Waals surface area contributed by atoms with Crippen molar-refractivity contribution in [2.24, 2.45) is 5.92 Å². The van der Waals surface area contributed by atoms with E-state index in [-0.39, 0.29) is 0 Å². The van der Waals surface area contributed by atoms with E-state index in [4.69, 9.17) is 0 Å². The fourth-order valence-corrected chi connectivity index (χ4v) is 5.54. The van der Waals surface area contributed by atoms with Crippen molar-refractivity contribution in [3.05, 3.63) is 0 Å². The topological polar surface area (TPSA) is 0 Å². The van der Waals surface area contributed by atoms with E-state index in [0.717, 1.165) is 11.7 Å². The van der Waals surface area contributed by atoms with Crippen LogP contribution >= 0.6 is 12.6 Å². The average molecular weight is 483 g/mol. The number of thiol groups is 1. The highest BCUT2D eigenvalue weighted by molar-refractivity contribution is 7.80. The molecule has 0 rings (SSSR count). The smallest absolute Gasteiger partial charge is 0.00978 e. The van der Waals surface area contributed by atoms with Gasteiger partial charge in [-0.3, -0.25) is 0 Å². The Morgan fingerprint density at radius 2 is 0.576 bits per heavy atom. The van der Waals surface area contributed by atoms with Crippen molar-refractivity contribution >= 4 is 12.6 Å². The Bertz CT molecular complexity index is 298. The molecule has 0 aliphatic carbocycles. The van der Waals surface area contributed by atoms with Crippen LogP contribution in [0.4, 0.5) is 0 Å². The monoisotopic (exact) mass is 482 g/mol. The molecule has 0 aliphatic heterocycles. The fraction of sp³-hybridized carbons (Fsp3) is 1.00. The summed E-state index contributed by atoms with van der Waals surface area (Å²) >= 11 is 4.47. The van der Waals surface area contributed by atoms with Crippen molar-refractivity contribution in [2.45, 2.75) is 194 Å². The third kappa shape index (κ3) is 28.5. The molecule has 0 atom stereocenters. The van der Waals surface area contributed by atoms with Crippen molar-refractivity contribution in [3.8, 4) is 0 Å². The van der Waals surface area contributed by atoms with Gasteiger partial charge < -0.3 is 0 Å². The summed E-state index contributed by atoms with van der Waals surface area (Å²) in [5.74, 6) is 2.07. The second-order valence-electron chi connectivity index (χ2n) is 11.1. The van der Waals surface area contributed by atoms with E-state index in [1.165, 1.54) is 180 Å². The van der Waals surface area contributed by atoms with Gasteiger partial charge in [0.15, 0.2) is 0 Å². The molecule has 200 valence electrons. The second kappa shape index (κ2) is 30.4. The molecule has 0 nitrogen and oxygen atoms in total. The summed E-state index contributed by atoms with van der Waals surface area (Å²) in [6.45, 7) is 4.62. The van der Waals surface area contributed by atoms with Gasteiger partial charge in [0.05, 0.1) is 0 Å². The normalized spacial score (nSPS) is 11.6. The molecule has 0 aromatic heterocycles. The maximum atomic E-state index is 4.47. The van der Waals surface area contributed by atoms with Gasteiger partial charge in [0, 0.05) is 0 Å². The summed E-state index contributed by atoms with van der Waals surface area (Å²) in [6.07, 6.45) is 40.9. The van der Waals surface area contributed by atoms with Crippen LogP contribution in [0.5, 0.6) is 0 Å². The van der Waals surface area contributed by atoms with E-state index in [1.54, 1.807) is 0 Å². The standard InChI is InChI=1S/C32H66S/c1-3-5-7-9-11-13-15-17-19-21-23-25-28-32(30-27-31-33)29-26-24-22-20-18-16-14-12-10-8-6-4-2/h32-33H,3-31H2,1-2H3. The van der Waals surface area contributed by atoms with Gasteiger partial charge >= 0.3 is 0 Å². The van der Waals surface area contributed by atoms with Gasteiger partial charge in [0.2, 0.25) is 0 Å². The molecule has 0 saturated carbocycles. The van der Waals surface area contributed by atoms with Crippen LogP contribution in [-0.2, 0) is 0 Å². The van der Waals surface area contributed by atoms with Gasteiger partial charge in [0.1, 0.15) is 0 Å². The SMILES string of the molecule is CCCCCCCCCCCCCCC(CCCS)CCCCCCCCCCCCCC. The minimum atomic E-state index is 0.989. The van der Waals surface area contributed by atoms with E-state index in [2.05, 4.69) is 26.5 Å². The number of hydrogen-bond acceptors (Lipinski definition) is 1. The van der Waals surface area contributed by atoms with Gasteiger partial charge in [-0.15, -0.1) is 0 Å². The lowest BCUT2D eigenvalue weighted by atomic mass is 9.90. The van der Waals surface area contributed by atoms with Crippen LogP contribution in [0.2, 0.25) is 0 Å². The van der Waals surface area contributed by atoms with Gasteiger partial charge in [0.25, 0.3) is 0 Å². The van der Waals surface area contributed by atoms with Crippen molar-refractivity contribution < 1.29 is 0 Å². The third-order valence-corrected chi connectivity index (χ3v) is 8.02. The Morgan fingerprint density at radius 1 is 0.333 bits per heavy atom. The predicted octanol–water partition coefficient (Wildman–Crippen LogP) is 12.5. The summed E-state index contributed by atoms with van der Waals surface area (Å²) < 4.78 is 0. The molecule has 0 radical (unpaired) electrons. The quantitative estimate of drug-likeness (QED) is 0.0795. The van der Waals surface area contributed by atoms with Crippen LogP contribution in [0.15, 0.2) is 0 Å². The zero-order chi connectivity index (χ0) is 24.1. The van der Waals surface area contributed by atoms with Crippen LogP contribution in [-0.4, -0.2) is 5.75 Å². The molecule has 0 unspecified atom stereocenters. The number of rotatable bonds is 29. The van der Waals surface area contributed by atoms with Crippen LogP contribution in [0, 0.1) is 5.92 Å². The van der Waals surface area contributed by atoms with E-state index in [9.17, 15) is 0 Å². The molecule has 0 N–H and O–H groups in total. The van der Waals surface area contributed by atoms with E-state index in [1.807, 2.05) is 0 Å². The molecule has 0 aromatic rings. The second-order valence-corrected chi connectivity index (χ2v) is 11.5. The fourth-order valence-electron chi connectivity index (χ4n) is 5.36. The molecule has 0 saturated heterocycles. The van der Waals surface area contributed by atoms with Gasteiger partial charge in [-0.2, -0.15) is 12.6 Å². The highest BCUT2D eigenvalue weighted by atomic mass is 32.1. The van der Waals surface area contributed by atoms with Crippen molar-refractivity contribution in [1.29, 1.82) is 0 Å². The Kier molecular flexibility index (Phi) is 30.7. The molecule has 0 fully saturated rings. The van der Waals surface area contributed by atoms with Crippen LogP contribution < -0.4 is 0 Å². The van der Waals surface area contributed by atoms with E-state index < -0.39 is 0 Å². The third-order valence-electron chi connectivity index (χ3n) is 7.70. The highest BCUT2D eigenvalue weighted by Crippen LogP contribution is 2.24. The molecule has 0 aromatic carbocycles. The van der Waals surface area contributed by atoms with E-state index in [0.29, 0.717) is 0 Å². The minimum Gasteiger partial charge on any atom is -0.179 e. The number of unbranched alkanes of at least 4 members (excludes halogenated alkanes) is 22. The largest absolute Gasteiger partial charge is 0.179 e. The zero-order valence-corrected chi connectivity index (χ0v) is 24.4. The van der Waals surface area contributed by atoms with E-state index >= 15 is 0 Å². The molecule has 0 spiro atoms. The minimum absolute atomic E-state index is 0.989. The summed E-state index contributed by atoms with van der Waals surface area (Å²) in [4.78, 5) is 0. The Hall–Kier alpha value is 0.350. The molecular formula is C32H66S. The molecule has 0 aliphatic rings. The summed E-state index contributed by atoms with van der Waals surface area (Å²) in [5, 5.41) is 0. The van der Waals surface area contributed by atoms with Gasteiger partial charge in [-0.25, -0.2) is 0 Å². The Morgan fingerprint density at radius 3 is 0.848 bits per heavy atom. The Labute approximate surface area is 217 Å². The number of hydrogen-bond donors (Lipinski definition) is 1. The average Bonchev–Trinajstić information content (AvgIpc) is 2.83. The maximum absolute atomic E-state index is 4.47. The van der Waals surface area contributed by atoms with Crippen LogP contribution in [0.1, 0.15) is 194 Å². The lowest BCUT2D eigenvalue weighted by Gasteiger charge is -2.16. The van der Waals surface area contributed by atoms with Gasteiger partial charge in [-0.1, -0.05) is 181 Å². The first-order valence-electron chi connectivity index (χ1n) is 16.0. The molecule has 0 bridgehead atoms. The lowest BCUT2D eigenvalue weighted by Crippen LogP contribution is -2.02.